The first-order chi connectivity index (χ1) is 37.6. The third kappa shape index (κ3) is 27.8. The molecule has 0 aliphatic rings. The smallest absolute Gasteiger partial charge is 0.410 e. The zero-order chi connectivity index (χ0) is 62.1. The lowest BCUT2D eigenvalue weighted by molar-refractivity contribution is -0.136. The van der Waals surface area contributed by atoms with Crippen LogP contribution in [0.1, 0.15) is 94.4 Å². The van der Waals surface area contributed by atoms with E-state index >= 15 is 0 Å². The van der Waals surface area contributed by atoms with Crippen molar-refractivity contribution in [3.63, 3.8) is 0 Å². The monoisotopic (exact) mass is 1170 g/mol. The van der Waals surface area contributed by atoms with Gasteiger partial charge in [-0.1, -0.05) is 94.8 Å². The molecule has 0 aliphatic carbocycles. The number of nitrogen functional groups attached to an aromatic ring is 4. The third-order valence-electron chi connectivity index (χ3n) is 10.7. The van der Waals surface area contributed by atoms with E-state index in [4.69, 9.17) is 67.2 Å². The molecule has 7 aromatic rings. The van der Waals surface area contributed by atoms with E-state index in [1.807, 2.05) is 58.9 Å². The van der Waals surface area contributed by atoms with E-state index in [0.717, 1.165) is 58.7 Å². The highest BCUT2D eigenvalue weighted by Gasteiger charge is 2.34. The Morgan fingerprint density at radius 1 is 0.481 bits per heavy atom. The van der Waals surface area contributed by atoms with Gasteiger partial charge in [0.05, 0.1) is 32.0 Å². The minimum absolute atomic E-state index is 0.0627. The second-order valence-electron chi connectivity index (χ2n) is 19.4. The summed E-state index contributed by atoms with van der Waals surface area (Å²) in [5, 5.41) is 0.974. The van der Waals surface area contributed by atoms with Crippen LogP contribution in [0.25, 0.3) is 0 Å². The number of benzene rings is 7. The van der Waals surface area contributed by atoms with Crippen LogP contribution in [0, 0.1) is 69.2 Å². The molecule has 436 valence electrons. The largest absolute Gasteiger partial charge is 0.418 e. The maximum atomic E-state index is 12.3. The summed E-state index contributed by atoms with van der Waals surface area (Å²) >= 11 is 16.9. The molecule has 0 aliphatic heterocycles. The van der Waals surface area contributed by atoms with Crippen LogP contribution in [-0.4, -0.2) is 62.7 Å². The summed E-state index contributed by atoms with van der Waals surface area (Å²) < 4.78 is 47.1. The summed E-state index contributed by atoms with van der Waals surface area (Å²) in [7, 11) is 6.35. The lowest BCUT2D eigenvalue weighted by Gasteiger charge is -2.14. The van der Waals surface area contributed by atoms with Gasteiger partial charge in [0.2, 0.25) is 0 Å². The van der Waals surface area contributed by atoms with E-state index in [2.05, 4.69) is 65.0 Å². The van der Waals surface area contributed by atoms with Crippen LogP contribution in [0.15, 0.2) is 115 Å². The van der Waals surface area contributed by atoms with E-state index in [1.54, 1.807) is 70.7 Å². The standard InChI is InChI=1S/C13H18N2O4.C9H13N.C9H8O2.C9H12.C8H7ClF3N.C8H11N.C7H7Cl2N/c1-9-6-10(18-12(16)14(2)3)8-11(7-9)19-13(17)15(4)5;1-3-8-4-7(2)5-9(10)6-8;1-7-2-8(5-10)4-9(3-7)6-11;1-7-4-8(2)6-9(3)5-7;1-4-2-5(8(10,11)12)7(13)6(9)3-4;1-6-3-4-7(2)8(9)5-6;1-4-2-5(8)7(10)6(9)3-4/h6-8H,1-5H3;4-6H,3,10H2,1-2H3;2-6H,1H3;4-6H,1-3H3;2-3H,13H2,1H3;3-5H,9H2,1-2H3;2-3H,10H2,1H3. The topological polar surface area (TPSA) is 197 Å². The summed E-state index contributed by atoms with van der Waals surface area (Å²) in [4.78, 5) is 46.2. The van der Waals surface area contributed by atoms with Gasteiger partial charge in [-0.15, -0.1) is 0 Å². The van der Waals surface area contributed by atoms with Gasteiger partial charge in [-0.25, -0.2) is 9.59 Å². The van der Waals surface area contributed by atoms with E-state index in [1.165, 1.54) is 62.2 Å². The van der Waals surface area contributed by atoms with E-state index < -0.39 is 29.6 Å². The van der Waals surface area contributed by atoms with Crippen molar-refractivity contribution in [1.29, 1.82) is 0 Å². The first-order valence-corrected chi connectivity index (χ1v) is 26.2. The van der Waals surface area contributed by atoms with Crippen molar-refractivity contribution in [2.24, 2.45) is 0 Å². The van der Waals surface area contributed by atoms with Crippen LogP contribution in [-0.2, 0) is 12.6 Å². The predicted octanol–water partition coefficient (Wildman–Crippen LogP) is 16.5. The first kappa shape index (κ1) is 71.3. The molecule has 0 unspecified atom stereocenters. The van der Waals surface area contributed by atoms with Gasteiger partial charge in [0.15, 0.2) is 0 Å². The van der Waals surface area contributed by atoms with Crippen molar-refractivity contribution >= 4 is 82.3 Å². The van der Waals surface area contributed by atoms with Crippen molar-refractivity contribution < 1.29 is 41.8 Å². The fourth-order valence-corrected chi connectivity index (χ4v) is 7.83. The number of halogens is 6. The Bertz CT molecular complexity index is 3060. The highest BCUT2D eigenvalue weighted by atomic mass is 35.5. The van der Waals surface area contributed by atoms with Gasteiger partial charge in [-0.2, -0.15) is 13.2 Å². The number of ether oxygens (including phenoxy) is 2. The average molecular weight is 1180 g/mol. The second kappa shape index (κ2) is 34.4. The fourth-order valence-electron chi connectivity index (χ4n) is 6.96. The van der Waals surface area contributed by atoms with Gasteiger partial charge in [0.25, 0.3) is 0 Å². The Morgan fingerprint density at radius 3 is 1.23 bits per heavy atom. The van der Waals surface area contributed by atoms with Crippen LogP contribution in [0.5, 0.6) is 11.5 Å². The Balaban J connectivity index is 0.000000481. The number of amides is 2. The van der Waals surface area contributed by atoms with E-state index in [-0.39, 0.29) is 5.02 Å². The molecular formula is C63H76Cl3F3N6O6. The Labute approximate surface area is 491 Å². The molecule has 0 radical (unpaired) electrons. The molecule has 0 spiro atoms. The van der Waals surface area contributed by atoms with Crippen molar-refractivity contribution in [1.82, 2.24) is 9.80 Å². The van der Waals surface area contributed by atoms with Crippen LogP contribution in [0.4, 0.5) is 45.5 Å². The van der Waals surface area contributed by atoms with Crippen molar-refractivity contribution in [2.45, 2.75) is 88.8 Å². The van der Waals surface area contributed by atoms with Gasteiger partial charge in [-0.05, 0) is 193 Å². The number of aldehydes is 2. The number of carbonyl (C=O) groups excluding carboxylic acids is 4. The SMILES string of the molecule is CCc1cc(C)cc(N)c1.Cc1cc(C)cc(C)c1.Cc1cc(C=O)cc(C=O)c1.Cc1cc(Cl)c(N)c(C(F)(F)F)c1.Cc1cc(Cl)c(N)c(Cl)c1.Cc1cc(OC(=O)N(C)C)cc(OC(=O)N(C)C)c1.Cc1ccc(C)c(N)c1. The molecule has 0 atom stereocenters. The normalized spacial score (nSPS) is 9.99. The molecular weight excluding hydrogens is 1100 g/mol. The number of nitrogens with zero attached hydrogens (tertiary/aromatic N) is 2. The number of hydrogen-bond acceptors (Lipinski definition) is 10. The zero-order valence-electron chi connectivity index (χ0n) is 48.8. The Kier molecular flexibility index (Phi) is 30.3. The lowest BCUT2D eigenvalue weighted by atomic mass is 10.1. The highest BCUT2D eigenvalue weighted by Crippen LogP contribution is 2.37. The molecule has 0 heterocycles. The highest BCUT2D eigenvalue weighted by molar-refractivity contribution is 6.38. The number of aryl methyl sites for hydroxylation is 11. The maximum Gasteiger partial charge on any atom is 0.418 e. The average Bonchev–Trinajstić information content (AvgIpc) is 3.35. The summed E-state index contributed by atoms with van der Waals surface area (Å²) in [5.74, 6) is 0.667. The van der Waals surface area contributed by atoms with Crippen LogP contribution in [0.3, 0.4) is 0 Å². The number of nitrogens with two attached hydrogens (primary N) is 4. The molecule has 0 bridgehead atoms. The summed E-state index contributed by atoms with van der Waals surface area (Å²) in [5.41, 5.74) is 36.1. The summed E-state index contributed by atoms with van der Waals surface area (Å²) in [6.07, 6.45) is -2.89. The quantitative estimate of drug-likeness (QED) is 0.0950. The maximum absolute atomic E-state index is 12.3. The molecule has 81 heavy (non-hydrogen) atoms. The molecule has 12 nitrogen and oxygen atoms in total. The van der Waals surface area contributed by atoms with Crippen molar-refractivity contribution in [3.8, 4) is 11.5 Å². The fraction of sp³-hybridized carbons (Fsp3) is 0.270. The zero-order valence-corrected chi connectivity index (χ0v) is 51.0. The van der Waals surface area contributed by atoms with E-state index in [9.17, 15) is 32.3 Å². The summed E-state index contributed by atoms with van der Waals surface area (Å²) in [6.45, 7) is 21.7. The third-order valence-corrected chi connectivity index (χ3v) is 11.7. The van der Waals surface area contributed by atoms with Gasteiger partial charge in [-0.3, -0.25) is 9.59 Å². The number of hydrogen-bond donors (Lipinski definition) is 4. The van der Waals surface area contributed by atoms with Gasteiger partial charge in [0.1, 0.15) is 24.1 Å². The van der Waals surface area contributed by atoms with Gasteiger partial charge >= 0.3 is 18.4 Å². The second-order valence-corrected chi connectivity index (χ2v) is 20.6. The van der Waals surface area contributed by atoms with Gasteiger partial charge < -0.3 is 42.2 Å². The Hall–Kier alpha value is -7.72. The van der Waals surface area contributed by atoms with Crippen LogP contribution >= 0.6 is 34.8 Å². The predicted molar refractivity (Wildman–Crippen MR) is 330 cm³/mol. The lowest BCUT2D eigenvalue weighted by Crippen LogP contribution is -2.26. The molecule has 7 rings (SSSR count). The minimum atomic E-state index is -4.44. The molecule has 2 amide bonds. The van der Waals surface area contributed by atoms with Crippen LogP contribution in [0.2, 0.25) is 15.1 Å². The molecule has 7 aromatic carbocycles. The number of alkyl halides is 3. The van der Waals surface area contributed by atoms with E-state index in [0.29, 0.717) is 43.9 Å². The van der Waals surface area contributed by atoms with Crippen molar-refractivity contribution in [2.75, 3.05) is 51.1 Å². The molecule has 18 heteroatoms. The minimum Gasteiger partial charge on any atom is -0.410 e. The number of rotatable bonds is 5. The summed E-state index contributed by atoms with van der Waals surface area (Å²) in [6, 6.07) is 34.6. The molecule has 0 saturated heterocycles. The Morgan fingerprint density at radius 2 is 0.864 bits per heavy atom. The van der Waals surface area contributed by atoms with Crippen LogP contribution < -0.4 is 32.4 Å². The van der Waals surface area contributed by atoms with Crippen molar-refractivity contribution in [3.05, 3.63) is 208 Å². The first-order valence-electron chi connectivity index (χ1n) is 25.1. The molecule has 0 aromatic heterocycles. The molecule has 8 N–H and O–H groups in total. The number of carbonyl (C=O) groups is 4. The van der Waals surface area contributed by atoms with Gasteiger partial charge in [0, 0.05) is 56.8 Å². The number of anilines is 4. The molecule has 0 fully saturated rings. The molecule has 0 saturated carbocycles.